The van der Waals surface area contributed by atoms with E-state index in [4.69, 9.17) is 16.2 Å². The normalized spacial score (nSPS) is 16.4. The number of aromatic nitrogens is 2. The number of thiophene rings is 1. The lowest BCUT2D eigenvalue weighted by Gasteiger charge is -2.29. The van der Waals surface area contributed by atoms with E-state index in [9.17, 15) is 9.59 Å². The van der Waals surface area contributed by atoms with Crippen molar-refractivity contribution in [3.63, 3.8) is 0 Å². The standard InChI is InChI=1S/C20H26N6O3S/c1-29-9-8-25-13-14(11-24-25)5-6-16-10-17(18(30-16)19(21)27)26(20(22)28)15-4-2-3-7-23-12-15/h10-11,13,15,23H,2-4,7-9,12H2,1H3,(H2,21,27)(H2,22,28)/t15-/m0/s1. The van der Waals surface area contributed by atoms with Crippen LogP contribution in [0.3, 0.4) is 0 Å². The first kappa shape index (κ1) is 21.8. The predicted molar refractivity (Wildman–Crippen MR) is 115 cm³/mol. The number of hydrogen-bond acceptors (Lipinski definition) is 6. The van der Waals surface area contributed by atoms with E-state index in [1.165, 1.54) is 4.90 Å². The van der Waals surface area contributed by atoms with Crippen molar-refractivity contribution in [3.8, 4) is 11.8 Å². The minimum Gasteiger partial charge on any atom is -0.383 e. The summed E-state index contributed by atoms with van der Waals surface area (Å²) in [5, 5.41) is 7.54. The van der Waals surface area contributed by atoms with Crippen molar-refractivity contribution in [1.29, 1.82) is 0 Å². The number of primary amides is 2. The van der Waals surface area contributed by atoms with Gasteiger partial charge in [-0.05, 0) is 25.5 Å². The lowest BCUT2D eigenvalue weighted by atomic mass is 10.1. The zero-order valence-electron chi connectivity index (χ0n) is 16.9. The van der Waals surface area contributed by atoms with Crippen LogP contribution in [0.5, 0.6) is 0 Å². The molecule has 1 aliphatic heterocycles. The van der Waals surface area contributed by atoms with E-state index in [0.29, 0.717) is 30.3 Å². The summed E-state index contributed by atoms with van der Waals surface area (Å²) >= 11 is 1.16. The zero-order valence-corrected chi connectivity index (χ0v) is 17.7. The first-order valence-electron chi connectivity index (χ1n) is 9.76. The van der Waals surface area contributed by atoms with Gasteiger partial charge in [0.05, 0.1) is 41.5 Å². The van der Waals surface area contributed by atoms with Crippen molar-refractivity contribution in [2.75, 3.05) is 31.7 Å². The maximum Gasteiger partial charge on any atom is 0.319 e. The molecule has 3 heterocycles. The molecule has 0 bridgehead atoms. The molecule has 0 saturated carbocycles. The molecule has 10 heteroatoms. The molecular weight excluding hydrogens is 404 g/mol. The van der Waals surface area contributed by atoms with Crippen LogP contribution in [0.25, 0.3) is 0 Å². The molecule has 0 aliphatic carbocycles. The van der Waals surface area contributed by atoms with E-state index in [2.05, 4.69) is 22.3 Å². The fourth-order valence-electron chi connectivity index (χ4n) is 3.38. The minimum atomic E-state index is -0.608. The van der Waals surface area contributed by atoms with Gasteiger partial charge in [0, 0.05) is 19.9 Å². The van der Waals surface area contributed by atoms with Crippen LogP contribution in [0, 0.1) is 11.8 Å². The summed E-state index contributed by atoms with van der Waals surface area (Å²) in [6.45, 7) is 2.70. The number of urea groups is 1. The van der Waals surface area contributed by atoms with Crippen LogP contribution >= 0.6 is 11.3 Å². The molecule has 0 unspecified atom stereocenters. The van der Waals surface area contributed by atoms with Crippen LogP contribution in [-0.4, -0.2) is 54.6 Å². The molecule has 1 aliphatic rings. The van der Waals surface area contributed by atoms with Gasteiger partial charge in [0.2, 0.25) is 0 Å². The Labute approximate surface area is 179 Å². The van der Waals surface area contributed by atoms with Crippen molar-refractivity contribution in [1.82, 2.24) is 15.1 Å². The van der Waals surface area contributed by atoms with Gasteiger partial charge in [-0.1, -0.05) is 18.3 Å². The van der Waals surface area contributed by atoms with Crippen molar-refractivity contribution in [2.24, 2.45) is 11.5 Å². The molecule has 0 radical (unpaired) electrons. The Hall–Kier alpha value is -2.87. The predicted octanol–water partition coefficient (Wildman–Crippen LogP) is 1.12. The molecule has 2 aromatic heterocycles. The Morgan fingerprint density at radius 2 is 2.23 bits per heavy atom. The number of nitrogens with one attached hydrogen (secondary N) is 1. The third-order valence-corrected chi connectivity index (χ3v) is 5.86. The maximum absolute atomic E-state index is 12.3. The molecule has 1 atom stereocenters. The number of methoxy groups -OCH3 is 1. The van der Waals surface area contributed by atoms with Crippen molar-refractivity contribution < 1.29 is 14.3 Å². The summed E-state index contributed by atoms with van der Waals surface area (Å²) in [6, 6.07) is 0.961. The third-order valence-electron chi connectivity index (χ3n) is 4.81. The highest BCUT2D eigenvalue weighted by Gasteiger charge is 2.29. The topological polar surface area (TPSA) is 128 Å². The third kappa shape index (κ3) is 5.38. The van der Waals surface area contributed by atoms with Gasteiger partial charge in [0.1, 0.15) is 4.88 Å². The number of rotatable bonds is 6. The number of anilines is 1. The molecule has 30 heavy (non-hydrogen) atoms. The summed E-state index contributed by atoms with van der Waals surface area (Å²) in [4.78, 5) is 26.7. The minimum absolute atomic E-state index is 0.141. The average molecular weight is 431 g/mol. The van der Waals surface area contributed by atoms with E-state index in [1.54, 1.807) is 24.1 Å². The number of ether oxygens (including phenoxy) is 1. The van der Waals surface area contributed by atoms with Gasteiger partial charge in [0.25, 0.3) is 5.91 Å². The van der Waals surface area contributed by atoms with Gasteiger partial charge in [-0.2, -0.15) is 5.10 Å². The zero-order chi connectivity index (χ0) is 21.5. The number of carbonyl (C=O) groups excluding carboxylic acids is 2. The monoisotopic (exact) mass is 430 g/mol. The van der Waals surface area contributed by atoms with Gasteiger partial charge >= 0.3 is 6.03 Å². The fourth-order valence-corrected chi connectivity index (χ4v) is 4.24. The Kier molecular flexibility index (Phi) is 7.46. The SMILES string of the molecule is COCCn1cc(C#Cc2cc(N(C(N)=O)[C@H]3CCCCNC3)c(C(N)=O)s2)cn1. The molecular formula is C20H26N6O3S. The molecule has 160 valence electrons. The van der Waals surface area contributed by atoms with Crippen LogP contribution < -0.4 is 21.7 Å². The summed E-state index contributed by atoms with van der Waals surface area (Å²) in [6.07, 6.45) is 6.29. The first-order valence-corrected chi connectivity index (χ1v) is 10.6. The summed E-state index contributed by atoms with van der Waals surface area (Å²) in [7, 11) is 1.63. The largest absolute Gasteiger partial charge is 0.383 e. The number of nitrogens with zero attached hydrogens (tertiary/aromatic N) is 3. The molecule has 9 nitrogen and oxygen atoms in total. The van der Waals surface area contributed by atoms with Gasteiger partial charge in [-0.3, -0.25) is 14.4 Å². The van der Waals surface area contributed by atoms with Crippen LogP contribution in [0.15, 0.2) is 18.5 Å². The van der Waals surface area contributed by atoms with Gasteiger partial charge in [0.15, 0.2) is 0 Å². The number of hydrogen-bond donors (Lipinski definition) is 3. The molecule has 1 saturated heterocycles. The van der Waals surface area contributed by atoms with Gasteiger partial charge < -0.3 is 21.5 Å². The number of nitrogens with two attached hydrogens (primary N) is 2. The Morgan fingerprint density at radius 3 is 2.97 bits per heavy atom. The highest BCUT2D eigenvalue weighted by atomic mass is 32.1. The quantitative estimate of drug-likeness (QED) is 0.592. The molecule has 2 aromatic rings. The molecule has 0 aromatic carbocycles. The van der Waals surface area contributed by atoms with Crippen LogP contribution in [-0.2, 0) is 11.3 Å². The van der Waals surface area contributed by atoms with E-state index < -0.39 is 11.9 Å². The molecule has 0 spiro atoms. The number of carbonyl (C=O) groups is 2. The van der Waals surface area contributed by atoms with Crippen molar-refractivity contribution in [2.45, 2.75) is 31.8 Å². The van der Waals surface area contributed by atoms with Gasteiger partial charge in [-0.15, -0.1) is 11.3 Å². The summed E-state index contributed by atoms with van der Waals surface area (Å²) in [5.41, 5.74) is 12.4. The Bertz CT molecular complexity index is 949. The lowest BCUT2D eigenvalue weighted by Crippen LogP contribution is -2.48. The second-order valence-electron chi connectivity index (χ2n) is 6.99. The molecule has 1 fully saturated rings. The van der Waals surface area contributed by atoms with E-state index in [-0.39, 0.29) is 10.9 Å². The highest BCUT2D eigenvalue weighted by molar-refractivity contribution is 7.15. The first-order chi connectivity index (χ1) is 14.5. The summed E-state index contributed by atoms with van der Waals surface area (Å²) < 4.78 is 6.78. The van der Waals surface area contributed by atoms with Crippen molar-refractivity contribution in [3.05, 3.63) is 33.8 Å². The lowest BCUT2D eigenvalue weighted by molar-refractivity contribution is 0.100. The van der Waals surface area contributed by atoms with E-state index >= 15 is 0 Å². The Balaban J connectivity index is 1.88. The van der Waals surface area contributed by atoms with Crippen molar-refractivity contribution >= 4 is 29.0 Å². The van der Waals surface area contributed by atoms with E-state index in [0.717, 1.165) is 42.7 Å². The molecule has 3 amide bonds. The maximum atomic E-state index is 12.3. The Morgan fingerprint density at radius 1 is 1.40 bits per heavy atom. The number of amides is 3. The van der Waals surface area contributed by atoms with E-state index in [1.807, 2.05) is 6.20 Å². The smallest absolute Gasteiger partial charge is 0.319 e. The second kappa shape index (κ2) is 10.2. The van der Waals surface area contributed by atoms with Crippen LogP contribution in [0.1, 0.15) is 39.4 Å². The van der Waals surface area contributed by atoms with Crippen LogP contribution in [0.4, 0.5) is 10.5 Å². The molecule has 3 rings (SSSR count). The second-order valence-corrected chi connectivity index (χ2v) is 8.04. The summed E-state index contributed by atoms with van der Waals surface area (Å²) in [5.74, 6) is 5.46. The van der Waals surface area contributed by atoms with Crippen LogP contribution in [0.2, 0.25) is 0 Å². The van der Waals surface area contributed by atoms with Gasteiger partial charge in [-0.25, -0.2) is 4.79 Å². The molecule has 5 N–H and O–H groups in total. The highest BCUT2D eigenvalue weighted by Crippen LogP contribution is 2.32. The average Bonchev–Trinajstić information content (AvgIpc) is 3.25. The fraction of sp³-hybridized carbons (Fsp3) is 0.450.